The van der Waals surface area contributed by atoms with E-state index in [4.69, 9.17) is 5.73 Å². The number of nitrogens with zero attached hydrogens (tertiary/aromatic N) is 1. The zero-order valence-corrected chi connectivity index (χ0v) is 8.04. The lowest BCUT2D eigenvalue weighted by Crippen LogP contribution is -2.31. The van der Waals surface area contributed by atoms with Crippen LogP contribution >= 0.6 is 0 Å². The van der Waals surface area contributed by atoms with Gasteiger partial charge in [-0.05, 0) is 12.8 Å². The Balaban J connectivity index is 2.16. The molecule has 2 rings (SSSR count). The van der Waals surface area contributed by atoms with Crippen LogP contribution in [0.15, 0.2) is 15.5 Å². The quantitative estimate of drug-likeness (QED) is 0.607. The molecule has 0 atom stereocenters. The van der Waals surface area contributed by atoms with Gasteiger partial charge in [0.25, 0.3) is 15.9 Å². The van der Waals surface area contributed by atoms with Crippen molar-refractivity contribution >= 4 is 21.6 Å². The van der Waals surface area contributed by atoms with Crippen LogP contribution in [0.1, 0.15) is 12.8 Å². The minimum atomic E-state index is -3.77. The maximum Gasteiger partial charge on any atom is 0.298 e. The number of hydrogen-bond donors (Lipinski definition) is 2. The second-order valence-corrected chi connectivity index (χ2v) is 4.85. The van der Waals surface area contributed by atoms with Crippen LogP contribution in [0, 0.1) is 0 Å². The summed E-state index contributed by atoms with van der Waals surface area (Å²) < 4.78 is 25.3. The van der Waals surface area contributed by atoms with Crippen LogP contribution in [0.2, 0.25) is 0 Å². The summed E-state index contributed by atoms with van der Waals surface area (Å²) in [6.07, 6.45) is 2.95. The summed E-state index contributed by atoms with van der Waals surface area (Å²) in [6, 6.07) is 0.170. The van der Waals surface area contributed by atoms with E-state index in [1.54, 1.807) is 0 Å². The van der Waals surface area contributed by atoms with E-state index < -0.39 is 15.9 Å². The number of carbonyl (C=O) groups is 1. The zero-order chi connectivity index (χ0) is 10.3. The lowest BCUT2D eigenvalue weighted by Gasteiger charge is -1.98. The van der Waals surface area contributed by atoms with Gasteiger partial charge in [-0.2, -0.15) is 12.8 Å². The molecule has 6 nitrogen and oxygen atoms in total. The van der Waals surface area contributed by atoms with Crippen LogP contribution < -0.4 is 11.1 Å². The van der Waals surface area contributed by atoms with Crippen molar-refractivity contribution in [1.29, 1.82) is 0 Å². The summed E-state index contributed by atoms with van der Waals surface area (Å²) in [7, 11) is -3.77. The average molecular weight is 215 g/mol. The molecule has 1 saturated carbocycles. The highest BCUT2D eigenvalue weighted by Gasteiger charge is 2.29. The zero-order valence-electron chi connectivity index (χ0n) is 7.23. The van der Waals surface area contributed by atoms with Crippen LogP contribution in [-0.4, -0.2) is 26.1 Å². The molecule has 1 aliphatic heterocycles. The Morgan fingerprint density at radius 3 is 2.64 bits per heavy atom. The first-order valence-electron chi connectivity index (χ1n) is 4.12. The van der Waals surface area contributed by atoms with Crippen LogP contribution in [0.3, 0.4) is 0 Å². The summed E-state index contributed by atoms with van der Waals surface area (Å²) in [5.41, 5.74) is 5.04. The summed E-state index contributed by atoms with van der Waals surface area (Å²) in [6.45, 7) is 0. The summed E-state index contributed by atoms with van der Waals surface area (Å²) in [5.74, 6) is -0.475. The van der Waals surface area contributed by atoms with Gasteiger partial charge in [0.15, 0.2) is 5.03 Å². The number of rotatable bonds is 2. The maximum absolute atomic E-state index is 11.3. The van der Waals surface area contributed by atoms with E-state index in [-0.39, 0.29) is 16.8 Å². The third-order valence-corrected chi connectivity index (χ3v) is 3.09. The van der Waals surface area contributed by atoms with Crippen LogP contribution in [-0.2, 0) is 14.8 Å². The highest BCUT2D eigenvalue weighted by Crippen LogP contribution is 2.19. The Bertz CT molecular complexity index is 445. The van der Waals surface area contributed by atoms with Crippen molar-refractivity contribution in [2.45, 2.75) is 18.9 Å². The van der Waals surface area contributed by atoms with Gasteiger partial charge in [0.1, 0.15) is 5.71 Å². The number of hydrogen-bond acceptors (Lipinski definition) is 4. The molecule has 1 aliphatic carbocycles. The first-order chi connectivity index (χ1) is 6.49. The molecule has 0 saturated heterocycles. The van der Waals surface area contributed by atoms with Gasteiger partial charge in [-0.25, -0.2) is 0 Å². The van der Waals surface area contributed by atoms with E-state index in [0.29, 0.717) is 0 Å². The van der Waals surface area contributed by atoms with Gasteiger partial charge in [-0.15, -0.1) is 0 Å². The molecule has 3 N–H and O–H groups in total. The fourth-order valence-electron chi connectivity index (χ4n) is 1.01. The average Bonchev–Trinajstić information content (AvgIpc) is 2.81. The van der Waals surface area contributed by atoms with Gasteiger partial charge in [0, 0.05) is 12.1 Å². The molecule has 14 heavy (non-hydrogen) atoms. The van der Waals surface area contributed by atoms with Gasteiger partial charge in [0.05, 0.1) is 0 Å². The molecule has 7 heteroatoms. The molecule has 1 fully saturated rings. The van der Waals surface area contributed by atoms with Crippen molar-refractivity contribution in [3.05, 3.63) is 11.1 Å². The van der Waals surface area contributed by atoms with Gasteiger partial charge in [-0.3, -0.25) is 4.79 Å². The van der Waals surface area contributed by atoms with Gasteiger partial charge in [0.2, 0.25) is 0 Å². The van der Waals surface area contributed by atoms with Crippen molar-refractivity contribution in [3.8, 4) is 0 Å². The summed E-state index contributed by atoms with van der Waals surface area (Å²) >= 11 is 0. The SMILES string of the molecule is NC1=CC(C(=O)NC2CC2)=NS1(=O)=O. The molecule has 1 amide bonds. The third kappa shape index (κ3) is 1.63. The van der Waals surface area contributed by atoms with Crippen LogP contribution in [0.4, 0.5) is 0 Å². The Kier molecular flexibility index (Phi) is 1.84. The molecular formula is C7H9N3O3S. The summed E-state index contributed by atoms with van der Waals surface area (Å²) in [4.78, 5) is 11.3. The molecule has 0 aromatic carbocycles. The topological polar surface area (TPSA) is 102 Å². The van der Waals surface area contributed by atoms with Gasteiger partial charge >= 0.3 is 0 Å². The van der Waals surface area contributed by atoms with E-state index in [1.807, 2.05) is 0 Å². The molecule has 0 aromatic heterocycles. The lowest BCUT2D eigenvalue weighted by atomic mass is 10.3. The van der Waals surface area contributed by atoms with Crippen molar-refractivity contribution in [2.75, 3.05) is 0 Å². The fourth-order valence-corrected chi connectivity index (χ4v) is 1.77. The van der Waals surface area contributed by atoms with Gasteiger partial charge in [-0.1, -0.05) is 0 Å². The number of amides is 1. The molecular weight excluding hydrogens is 206 g/mol. The molecule has 76 valence electrons. The van der Waals surface area contributed by atoms with Gasteiger partial charge < -0.3 is 11.1 Å². The Morgan fingerprint density at radius 1 is 1.57 bits per heavy atom. The normalized spacial score (nSPS) is 24.0. The molecule has 2 aliphatic rings. The molecule has 0 radical (unpaired) electrons. The Morgan fingerprint density at radius 2 is 2.21 bits per heavy atom. The van der Waals surface area contributed by atoms with E-state index in [9.17, 15) is 13.2 Å². The number of carbonyl (C=O) groups excluding carboxylic acids is 1. The second-order valence-electron chi connectivity index (χ2n) is 3.25. The molecule has 0 bridgehead atoms. The van der Waals surface area contributed by atoms with E-state index in [0.717, 1.165) is 18.9 Å². The number of nitrogens with two attached hydrogens (primary N) is 1. The molecule has 0 aromatic rings. The van der Waals surface area contributed by atoms with Crippen molar-refractivity contribution < 1.29 is 13.2 Å². The molecule has 0 unspecified atom stereocenters. The molecule has 1 heterocycles. The first-order valence-corrected chi connectivity index (χ1v) is 5.56. The highest BCUT2D eigenvalue weighted by atomic mass is 32.2. The lowest BCUT2D eigenvalue weighted by molar-refractivity contribution is -0.114. The predicted octanol–water partition coefficient (Wildman–Crippen LogP) is -1.15. The first kappa shape index (κ1) is 9.20. The van der Waals surface area contributed by atoms with Crippen molar-refractivity contribution in [2.24, 2.45) is 10.1 Å². The number of sulfonamides is 1. The number of nitrogens with one attached hydrogen (secondary N) is 1. The Labute approximate surface area is 80.9 Å². The smallest absolute Gasteiger partial charge is 0.298 e. The van der Waals surface area contributed by atoms with E-state index in [2.05, 4.69) is 9.71 Å². The van der Waals surface area contributed by atoms with Crippen LogP contribution in [0.5, 0.6) is 0 Å². The third-order valence-electron chi connectivity index (χ3n) is 1.94. The molecule has 0 spiro atoms. The standard InChI is InChI=1S/C7H9N3O3S/c8-6-3-5(10-14(6,12)13)7(11)9-4-1-2-4/h3-4H,1-2,8H2,(H,9,11). The largest absolute Gasteiger partial charge is 0.388 e. The maximum atomic E-state index is 11.3. The fraction of sp³-hybridized carbons (Fsp3) is 0.429. The van der Waals surface area contributed by atoms with Crippen molar-refractivity contribution in [1.82, 2.24) is 5.32 Å². The van der Waals surface area contributed by atoms with Crippen molar-refractivity contribution in [3.63, 3.8) is 0 Å². The predicted molar refractivity (Wildman–Crippen MR) is 49.8 cm³/mol. The second kappa shape index (κ2) is 2.81. The minimum Gasteiger partial charge on any atom is -0.388 e. The van der Waals surface area contributed by atoms with Crippen LogP contribution in [0.25, 0.3) is 0 Å². The highest BCUT2D eigenvalue weighted by molar-refractivity contribution is 7.94. The Hall–Kier alpha value is -1.37. The van der Waals surface area contributed by atoms with E-state index >= 15 is 0 Å². The monoisotopic (exact) mass is 215 g/mol. The summed E-state index contributed by atoms with van der Waals surface area (Å²) in [5, 5.41) is 2.24. The minimum absolute atomic E-state index is 0.130. The van der Waals surface area contributed by atoms with E-state index in [1.165, 1.54) is 0 Å².